The van der Waals surface area contributed by atoms with E-state index in [0.29, 0.717) is 18.4 Å². The normalized spacial score (nSPS) is 16.2. The van der Waals surface area contributed by atoms with Crippen LogP contribution in [-0.4, -0.2) is 31.8 Å². The summed E-state index contributed by atoms with van der Waals surface area (Å²) in [5, 5.41) is 0. The van der Waals surface area contributed by atoms with Gasteiger partial charge in [0.25, 0.3) is 0 Å². The van der Waals surface area contributed by atoms with Crippen LogP contribution in [0.1, 0.15) is 18.4 Å². The molecule has 0 unspecified atom stereocenters. The van der Waals surface area contributed by atoms with Crippen LogP contribution in [-0.2, 0) is 26.2 Å². The Bertz CT molecular complexity index is 908. The zero-order valence-electron chi connectivity index (χ0n) is 14.5. The fourth-order valence-electron chi connectivity index (χ4n) is 2.98. The second-order valence-electron chi connectivity index (χ2n) is 6.34. The molecular weight excluding hydrogens is 376 g/mol. The summed E-state index contributed by atoms with van der Waals surface area (Å²) in [6.07, 6.45) is 0.603. The number of nitrogens with zero attached hydrogens (tertiary/aromatic N) is 1. The van der Waals surface area contributed by atoms with Gasteiger partial charge in [-0.2, -0.15) is 4.31 Å². The van der Waals surface area contributed by atoms with Crippen molar-refractivity contribution in [1.29, 1.82) is 0 Å². The summed E-state index contributed by atoms with van der Waals surface area (Å²) >= 11 is 0. The minimum atomic E-state index is -3.93. The van der Waals surface area contributed by atoms with Crippen molar-refractivity contribution in [3.63, 3.8) is 0 Å². The lowest BCUT2D eigenvalue weighted by atomic mass is 9.98. The highest BCUT2D eigenvalue weighted by molar-refractivity contribution is 7.89. The molecule has 0 aromatic heterocycles. The zero-order valence-corrected chi connectivity index (χ0v) is 15.3. The van der Waals surface area contributed by atoms with E-state index in [-0.39, 0.29) is 30.4 Å². The molecule has 0 atom stereocenters. The molecular formula is C19H19F2NO4S. The van der Waals surface area contributed by atoms with E-state index in [2.05, 4.69) is 0 Å². The first kappa shape index (κ1) is 19.4. The van der Waals surface area contributed by atoms with E-state index in [1.807, 2.05) is 0 Å². The number of halogens is 2. The van der Waals surface area contributed by atoms with Gasteiger partial charge in [0.05, 0.1) is 5.92 Å². The van der Waals surface area contributed by atoms with Gasteiger partial charge in [-0.3, -0.25) is 4.79 Å². The molecule has 1 saturated heterocycles. The van der Waals surface area contributed by atoms with Crippen LogP contribution in [0.25, 0.3) is 0 Å². The maximum atomic E-state index is 13.8. The molecule has 1 heterocycles. The Balaban J connectivity index is 1.56. The molecule has 8 heteroatoms. The summed E-state index contributed by atoms with van der Waals surface area (Å²) < 4.78 is 58.3. The van der Waals surface area contributed by atoms with Gasteiger partial charge >= 0.3 is 5.97 Å². The van der Waals surface area contributed by atoms with Crippen LogP contribution in [0.3, 0.4) is 0 Å². The van der Waals surface area contributed by atoms with Crippen molar-refractivity contribution >= 4 is 16.0 Å². The number of carbonyl (C=O) groups is 1. The summed E-state index contributed by atoms with van der Waals surface area (Å²) in [5.74, 6) is -1.99. The van der Waals surface area contributed by atoms with Crippen LogP contribution in [0, 0.1) is 17.6 Å². The van der Waals surface area contributed by atoms with Gasteiger partial charge in [0.15, 0.2) is 0 Å². The predicted octanol–water partition coefficient (Wildman–Crippen LogP) is 3.11. The maximum Gasteiger partial charge on any atom is 0.309 e. The number of carbonyl (C=O) groups excluding carboxylic acids is 1. The van der Waals surface area contributed by atoms with E-state index in [0.717, 1.165) is 6.07 Å². The van der Waals surface area contributed by atoms with Gasteiger partial charge in [-0.05, 0) is 42.7 Å². The average molecular weight is 395 g/mol. The molecule has 0 bridgehead atoms. The largest absolute Gasteiger partial charge is 0.461 e. The second kappa shape index (κ2) is 8.14. The molecule has 144 valence electrons. The summed E-state index contributed by atoms with van der Waals surface area (Å²) in [6.45, 7) is 0.271. The lowest BCUT2D eigenvalue weighted by molar-refractivity contribution is -0.151. The number of ether oxygens (including phenoxy) is 1. The van der Waals surface area contributed by atoms with Gasteiger partial charge in [-0.15, -0.1) is 0 Å². The highest BCUT2D eigenvalue weighted by Gasteiger charge is 2.34. The van der Waals surface area contributed by atoms with Crippen molar-refractivity contribution in [2.45, 2.75) is 24.3 Å². The third kappa shape index (κ3) is 4.51. The number of hydrogen-bond acceptors (Lipinski definition) is 4. The van der Waals surface area contributed by atoms with Crippen LogP contribution < -0.4 is 0 Å². The van der Waals surface area contributed by atoms with E-state index in [1.165, 1.54) is 46.8 Å². The average Bonchev–Trinajstić information content (AvgIpc) is 2.67. The highest BCUT2D eigenvalue weighted by atomic mass is 32.2. The molecule has 0 spiro atoms. The monoisotopic (exact) mass is 395 g/mol. The van der Waals surface area contributed by atoms with Crippen molar-refractivity contribution in [1.82, 2.24) is 4.31 Å². The number of benzene rings is 2. The van der Waals surface area contributed by atoms with Crippen LogP contribution in [0.15, 0.2) is 53.4 Å². The minimum Gasteiger partial charge on any atom is -0.461 e. The van der Waals surface area contributed by atoms with Crippen molar-refractivity contribution in [2.24, 2.45) is 5.92 Å². The Hall–Kier alpha value is -2.32. The lowest BCUT2D eigenvalue weighted by Crippen LogP contribution is -2.40. The summed E-state index contributed by atoms with van der Waals surface area (Å²) in [7, 11) is -3.93. The quantitative estimate of drug-likeness (QED) is 0.730. The Labute approximate surface area is 156 Å². The third-order valence-electron chi connectivity index (χ3n) is 4.54. The van der Waals surface area contributed by atoms with Gasteiger partial charge < -0.3 is 4.74 Å². The van der Waals surface area contributed by atoms with E-state index >= 15 is 0 Å². The number of rotatable bonds is 5. The van der Waals surface area contributed by atoms with Gasteiger partial charge in [-0.1, -0.05) is 24.3 Å². The Morgan fingerprint density at radius 3 is 2.30 bits per heavy atom. The van der Waals surface area contributed by atoms with E-state index in [4.69, 9.17) is 4.74 Å². The molecule has 27 heavy (non-hydrogen) atoms. The fourth-order valence-corrected chi connectivity index (χ4v) is 4.51. The minimum absolute atomic E-state index is 0.0346. The van der Waals surface area contributed by atoms with Crippen molar-refractivity contribution in [2.75, 3.05) is 13.1 Å². The molecule has 2 aromatic carbocycles. The first-order valence-corrected chi connectivity index (χ1v) is 9.97. The van der Waals surface area contributed by atoms with Crippen LogP contribution in [0.5, 0.6) is 0 Å². The number of esters is 1. The fraction of sp³-hybridized carbons (Fsp3) is 0.316. The van der Waals surface area contributed by atoms with E-state index in [1.54, 1.807) is 0 Å². The maximum absolute atomic E-state index is 13.8. The Kier molecular flexibility index (Phi) is 5.86. The topological polar surface area (TPSA) is 63.7 Å². The zero-order chi connectivity index (χ0) is 19.4. The molecule has 1 fully saturated rings. The van der Waals surface area contributed by atoms with Crippen LogP contribution in [0.2, 0.25) is 0 Å². The predicted molar refractivity (Wildman–Crippen MR) is 94.1 cm³/mol. The van der Waals surface area contributed by atoms with Crippen LogP contribution in [0.4, 0.5) is 8.78 Å². The molecule has 3 rings (SSSR count). The number of sulfonamides is 1. The highest BCUT2D eigenvalue weighted by Crippen LogP contribution is 2.26. The summed E-state index contributed by atoms with van der Waals surface area (Å²) in [6, 6.07) is 10.9. The lowest BCUT2D eigenvalue weighted by Gasteiger charge is -2.30. The number of piperidine rings is 1. The molecule has 0 radical (unpaired) electrons. The van der Waals surface area contributed by atoms with Gasteiger partial charge in [0.1, 0.15) is 23.1 Å². The molecule has 1 aliphatic rings. The third-order valence-corrected chi connectivity index (χ3v) is 6.47. The van der Waals surface area contributed by atoms with Gasteiger partial charge in [-0.25, -0.2) is 17.2 Å². The summed E-state index contributed by atoms with van der Waals surface area (Å²) in [4.78, 5) is 11.8. The van der Waals surface area contributed by atoms with Crippen LogP contribution >= 0.6 is 0 Å². The Morgan fingerprint density at radius 1 is 1.04 bits per heavy atom. The molecule has 0 aliphatic carbocycles. The molecule has 1 aliphatic heterocycles. The Morgan fingerprint density at radius 2 is 1.67 bits per heavy atom. The number of hydrogen-bond donors (Lipinski definition) is 0. The van der Waals surface area contributed by atoms with Crippen molar-refractivity contribution < 1.29 is 26.7 Å². The SMILES string of the molecule is O=C(OCc1ccc(F)cc1)C1CCN(S(=O)(=O)c2ccccc2F)CC1. The molecule has 0 saturated carbocycles. The molecule has 2 aromatic rings. The van der Waals surface area contributed by atoms with Crippen molar-refractivity contribution in [3.05, 3.63) is 65.7 Å². The smallest absolute Gasteiger partial charge is 0.309 e. The molecule has 5 nitrogen and oxygen atoms in total. The molecule has 0 amide bonds. The first-order valence-electron chi connectivity index (χ1n) is 8.53. The standard InChI is InChI=1S/C19H19F2NO4S/c20-16-7-5-14(6-8-16)13-26-19(23)15-9-11-22(12-10-15)27(24,25)18-4-2-1-3-17(18)21/h1-8,15H,9-13H2. The summed E-state index contributed by atoms with van der Waals surface area (Å²) in [5.41, 5.74) is 0.671. The second-order valence-corrected chi connectivity index (χ2v) is 8.25. The molecule has 0 N–H and O–H groups in total. The van der Waals surface area contributed by atoms with Gasteiger partial charge in [0, 0.05) is 13.1 Å². The van der Waals surface area contributed by atoms with E-state index in [9.17, 15) is 22.0 Å². The first-order chi connectivity index (χ1) is 12.9. The van der Waals surface area contributed by atoms with Gasteiger partial charge in [0.2, 0.25) is 10.0 Å². The van der Waals surface area contributed by atoms with Crippen molar-refractivity contribution in [3.8, 4) is 0 Å². The van der Waals surface area contributed by atoms with E-state index < -0.39 is 27.7 Å².